The second-order valence-corrected chi connectivity index (χ2v) is 5.66. The molecule has 0 amide bonds. The number of unbranched alkanes of at least 4 members (excludes halogenated alkanes) is 4. The summed E-state index contributed by atoms with van der Waals surface area (Å²) in [5.41, 5.74) is 3.53. The molecule has 3 nitrogen and oxygen atoms in total. The number of aromatic amines is 1. The van der Waals surface area contributed by atoms with Crippen LogP contribution in [0.1, 0.15) is 63.9 Å². The zero-order valence-corrected chi connectivity index (χ0v) is 13.4. The predicted octanol–water partition coefficient (Wildman–Crippen LogP) is 4.94. The van der Waals surface area contributed by atoms with Crippen molar-refractivity contribution >= 4 is 0 Å². The lowest BCUT2D eigenvalue weighted by molar-refractivity contribution is 0.690. The van der Waals surface area contributed by atoms with Crippen LogP contribution in [0.15, 0.2) is 24.5 Å². The standard InChI is InChI=1S/C18H27N3/c1-3-5-7-11-16-18(15-10-9-13-19-14-15)21-17(20-16)12-8-6-4-2/h9-10,13-14H,3-8,11-12H2,1-2H3,(H,20,21). The van der Waals surface area contributed by atoms with Crippen LogP contribution < -0.4 is 0 Å². The van der Waals surface area contributed by atoms with Crippen LogP contribution >= 0.6 is 0 Å². The smallest absolute Gasteiger partial charge is 0.106 e. The van der Waals surface area contributed by atoms with Crippen molar-refractivity contribution in [1.82, 2.24) is 15.0 Å². The Hall–Kier alpha value is -1.64. The first-order valence-corrected chi connectivity index (χ1v) is 8.33. The van der Waals surface area contributed by atoms with E-state index in [1.807, 2.05) is 18.5 Å². The summed E-state index contributed by atoms with van der Waals surface area (Å²) < 4.78 is 0. The Bertz CT molecular complexity index is 517. The molecule has 0 saturated heterocycles. The molecule has 0 atom stereocenters. The summed E-state index contributed by atoms with van der Waals surface area (Å²) in [6.45, 7) is 4.47. The van der Waals surface area contributed by atoms with E-state index in [1.54, 1.807) is 0 Å². The van der Waals surface area contributed by atoms with Gasteiger partial charge in [-0.3, -0.25) is 4.98 Å². The highest BCUT2D eigenvalue weighted by atomic mass is 14.9. The highest BCUT2D eigenvalue weighted by Gasteiger charge is 2.11. The van der Waals surface area contributed by atoms with Crippen LogP contribution in [-0.2, 0) is 12.8 Å². The average Bonchev–Trinajstić information content (AvgIpc) is 2.92. The fourth-order valence-corrected chi connectivity index (χ4v) is 2.60. The molecule has 1 N–H and O–H groups in total. The molecule has 0 aliphatic rings. The summed E-state index contributed by atoms with van der Waals surface area (Å²) in [5.74, 6) is 1.13. The van der Waals surface area contributed by atoms with Gasteiger partial charge in [-0.1, -0.05) is 39.5 Å². The van der Waals surface area contributed by atoms with Gasteiger partial charge < -0.3 is 4.98 Å². The van der Waals surface area contributed by atoms with Crippen LogP contribution in [-0.4, -0.2) is 15.0 Å². The molecular formula is C18H27N3. The number of rotatable bonds is 9. The minimum Gasteiger partial charge on any atom is -0.342 e. The molecule has 0 fully saturated rings. The fourth-order valence-electron chi connectivity index (χ4n) is 2.60. The molecule has 21 heavy (non-hydrogen) atoms. The Kier molecular flexibility index (Phi) is 6.45. The maximum Gasteiger partial charge on any atom is 0.106 e. The van der Waals surface area contributed by atoms with E-state index in [0.717, 1.165) is 24.2 Å². The van der Waals surface area contributed by atoms with Gasteiger partial charge in [-0.05, 0) is 31.4 Å². The molecule has 0 aliphatic heterocycles. The van der Waals surface area contributed by atoms with Gasteiger partial charge in [0, 0.05) is 24.4 Å². The normalized spacial score (nSPS) is 11.0. The lowest BCUT2D eigenvalue weighted by atomic mass is 10.1. The maximum absolute atomic E-state index is 4.85. The number of hydrogen-bond donors (Lipinski definition) is 1. The molecule has 2 heterocycles. The van der Waals surface area contributed by atoms with E-state index in [-0.39, 0.29) is 0 Å². The first-order valence-electron chi connectivity index (χ1n) is 8.33. The zero-order chi connectivity index (χ0) is 14.9. The van der Waals surface area contributed by atoms with E-state index in [4.69, 9.17) is 4.98 Å². The number of imidazole rings is 1. The van der Waals surface area contributed by atoms with Gasteiger partial charge in [-0.15, -0.1) is 0 Å². The molecule has 0 aromatic carbocycles. The number of pyridine rings is 1. The third kappa shape index (κ3) is 4.69. The average molecular weight is 285 g/mol. The summed E-state index contributed by atoms with van der Waals surface area (Å²) in [5, 5.41) is 0. The molecule has 0 radical (unpaired) electrons. The summed E-state index contributed by atoms with van der Waals surface area (Å²) in [7, 11) is 0. The Labute approximate surface area is 128 Å². The number of nitrogens with one attached hydrogen (secondary N) is 1. The monoisotopic (exact) mass is 285 g/mol. The third-order valence-electron chi connectivity index (χ3n) is 3.81. The Morgan fingerprint density at radius 1 is 1.00 bits per heavy atom. The second-order valence-electron chi connectivity index (χ2n) is 5.66. The van der Waals surface area contributed by atoms with Gasteiger partial charge in [-0.25, -0.2) is 4.98 Å². The summed E-state index contributed by atoms with van der Waals surface area (Å²) >= 11 is 0. The lowest BCUT2D eigenvalue weighted by Crippen LogP contribution is -1.91. The van der Waals surface area contributed by atoms with E-state index in [9.17, 15) is 0 Å². The van der Waals surface area contributed by atoms with E-state index >= 15 is 0 Å². The molecule has 2 aromatic rings. The van der Waals surface area contributed by atoms with Gasteiger partial charge in [0.15, 0.2) is 0 Å². The first-order chi connectivity index (χ1) is 10.3. The highest BCUT2D eigenvalue weighted by Crippen LogP contribution is 2.23. The van der Waals surface area contributed by atoms with Crippen LogP contribution in [0.5, 0.6) is 0 Å². The van der Waals surface area contributed by atoms with Crippen molar-refractivity contribution in [2.75, 3.05) is 0 Å². The van der Waals surface area contributed by atoms with Gasteiger partial charge in [0.25, 0.3) is 0 Å². The van der Waals surface area contributed by atoms with Crippen LogP contribution in [0.25, 0.3) is 11.3 Å². The van der Waals surface area contributed by atoms with Gasteiger partial charge in [0.1, 0.15) is 5.82 Å². The minimum absolute atomic E-state index is 1.05. The van der Waals surface area contributed by atoms with Crippen LogP contribution in [0.2, 0.25) is 0 Å². The third-order valence-corrected chi connectivity index (χ3v) is 3.81. The van der Waals surface area contributed by atoms with E-state index in [2.05, 4.69) is 29.9 Å². The van der Waals surface area contributed by atoms with Gasteiger partial charge in [-0.2, -0.15) is 0 Å². The minimum atomic E-state index is 1.05. The molecule has 0 bridgehead atoms. The van der Waals surface area contributed by atoms with Crippen molar-refractivity contribution in [3.8, 4) is 11.3 Å². The highest BCUT2D eigenvalue weighted by molar-refractivity contribution is 5.60. The quantitative estimate of drug-likeness (QED) is 0.663. The second kappa shape index (κ2) is 8.60. The largest absolute Gasteiger partial charge is 0.342 e. The van der Waals surface area contributed by atoms with Crippen LogP contribution in [0.4, 0.5) is 0 Å². The molecule has 114 valence electrons. The number of nitrogens with zero attached hydrogens (tertiary/aromatic N) is 2. The maximum atomic E-state index is 4.85. The number of hydrogen-bond acceptors (Lipinski definition) is 2. The number of aromatic nitrogens is 3. The summed E-state index contributed by atoms with van der Waals surface area (Å²) in [6.07, 6.45) is 13.3. The molecule has 0 aliphatic carbocycles. The Balaban J connectivity index is 2.15. The molecule has 0 spiro atoms. The Morgan fingerprint density at radius 2 is 1.76 bits per heavy atom. The molecule has 0 saturated carbocycles. The summed E-state index contributed by atoms with van der Waals surface area (Å²) in [6, 6.07) is 4.10. The Morgan fingerprint density at radius 3 is 2.43 bits per heavy atom. The van der Waals surface area contributed by atoms with Crippen molar-refractivity contribution in [1.29, 1.82) is 0 Å². The molecule has 2 rings (SSSR count). The molecule has 3 heteroatoms. The molecule has 0 unspecified atom stereocenters. The fraction of sp³-hybridized carbons (Fsp3) is 0.556. The van der Waals surface area contributed by atoms with Gasteiger partial charge in [0.2, 0.25) is 0 Å². The van der Waals surface area contributed by atoms with Crippen molar-refractivity contribution in [2.45, 2.75) is 65.2 Å². The van der Waals surface area contributed by atoms with Crippen molar-refractivity contribution in [2.24, 2.45) is 0 Å². The van der Waals surface area contributed by atoms with Gasteiger partial charge >= 0.3 is 0 Å². The lowest BCUT2D eigenvalue weighted by Gasteiger charge is -2.01. The SMILES string of the molecule is CCCCCc1nc(CCCCC)c(-c2cccnc2)[nH]1. The van der Waals surface area contributed by atoms with E-state index < -0.39 is 0 Å². The molecule has 2 aromatic heterocycles. The van der Waals surface area contributed by atoms with E-state index in [1.165, 1.54) is 49.9 Å². The number of aryl methyl sites for hydroxylation is 2. The number of H-pyrrole nitrogens is 1. The summed E-state index contributed by atoms with van der Waals surface area (Å²) in [4.78, 5) is 12.6. The van der Waals surface area contributed by atoms with Crippen molar-refractivity contribution < 1.29 is 0 Å². The zero-order valence-electron chi connectivity index (χ0n) is 13.4. The van der Waals surface area contributed by atoms with Crippen LogP contribution in [0.3, 0.4) is 0 Å². The first kappa shape index (κ1) is 15.7. The van der Waals surface area contributed by atoms with E-state index in [0.29, 0.717) is 0 Å². The van der Waals surface area contributed by atoms with Gasteiger partial charge in [0.05, 0.1) is 11.4 Å². The van der Waals surface area contributed by atoms with Crippen molar-refractivity contribution in [3.05, 3.63) is 36.0 Å². The van der Waals surface area contributed by atoms with Crippen LogP contribution in [0, 0.1) is 0 Å². The topological polar surface area (TPSA) is 41.6 Å². The predicted molar refractivity (Wildman–Crippen MR) is 88.3 cm³/mol. The molecular weight excluding hydrogens is 258 g/mol. The van der Waals surface area contributed by atoms with Crippen molar-refractivity contribution in [3.63, 3.8) is 0 Å².